The Hall–Kier alpha value is -1.14. The van der Waals surface area contributed by atoms with Gasteiger partial charge in [-0.15, -0.1) is 0 Å². The second-order valence-electron chi connectivity index (χ2n) is 7.42. The molecule has 0 saturated heterocycles. The van der Waals surface area contributed by atoms with Crippen LogP contribution in [0.2, 0.25) is 5.15 Å². The van der Waals surface area contributed by atoms with Crippen molar-refractivity contribution in [3.8, 4) is 0 Å². The van der Waals surface area contributed by atoms with Gasteiger partial charge in [-0.25, -0.2) is 9.97 Å². The molecule has 5 nitrogen and oxygen atoms in total. The lowest BCUT2D eigenvalue weighted by molar-refractivity contribution is -0.158. The van der Waals surface area contributed by atoms with Gasteiger partial charge in [0, 0.05) is 17.8 Å². The first-order valence-electron chi connectivity index (χ1n) is 8.06. The number of esters is 1. The second kappa shape index (κ2) is 5.99. The van der Waals surface area contributed by atoms with E-state index in [-0.39, 0.29) is 17.5 Å². The third-order valence-electron chi connectivity index (χ3n) is 4.85. The van der Waals surface area contributed by atoms with Crippen molar-refractivity contribution in [1.29, 1.82) is 0 Å². The van der Waals surface area contributed by atoms with E-state index in [1.165, 1.54) is 0 Å². The average molecular weight is 415 g/mol. The van der Waals surface area contributed by atoms with Gasteiger partial charge in [0.05, 0.1) is 11.5 Å². The third kappa shape index (κ3) is 2.84. The molecule has 1 saturated carbocycles. The Morgan fingerprint density at radius 2 is 2.12 bits per heavy atom. The zero-order valence-electron chi connectivity index (χ0n) is 14.3. The molecule has 3 rings (SSSR count). The zero-order chi connectivity index (χ0) is 17.7. The van der Waals surface area contributed by atoms with E-state index >= 15 is 0 Å². The van der Waals surface area contributed by atoms with Crippen molar-refractivity contribution >= 4 is 39.0 Å². The Morgan fingerprint density at radius 3 is 2.79 bits per heavy atom. The maximum absolute atomic E-state index is 12.5. The number of hydrogen-bond acceptors (Lipinski definition) is 4. The van der Waals surface area contributed by atoms with Crippen LogP contribution in [0.3, 0.4) is 0 Å². The predicted octanol–water partition coefficient (Wildman–Crippen LogP) is 4.54. The average Bonchev–Trinajstić information content (AvgIpc) is 2.99. The minimum absolute atomic E-state index is 0.104. The van der Waals surface area contributed by atoms with Crippen molar-refractivity contribution in [2.45, 2.75) is 58.5 Å². The molecule has 1 fully saturated rings. The lowest BCUT2D eigenvalue weighted by atomic mass is 9.81. The lowest BCUT2D eigenvalue weighted by Gasteiger charge is -2.27. The highest BCUT2D eigenvalue weighted by molar-refractivity contribution is 9.10. The number of carbonyl (C=O) groups excluding carboxylic acids is 1. The molecule has 130 valence electrons. The molecule has 0 aromatic carbocycles. The standard InChI is InChI=1S/C17H21BrClN3O2/c1-10(2)24-15(23)17(4)6-5-16(3,9-17)14-21-12(18)11-13(19)20-7-8-22(11)14/h7-8,10H,5-6,9H2,1-4H3/t16-,17+/m0/s1. The Kier molecular flexibility index (Phi) is 4.41. The molecule has 0 bridgehead atoms. The van der Waals surface area contributed by atoms with E-state index in [4.69, 9.17) is 21.3 Å². The highest BCUT2D eigenvalue weighted by atomic mass is 79.9. The van der Waals surface area contributed by atoms with E-state index in [0.29, 0.717) is 16.2 Å². The molecule has 0 aliphatic heterocycles. The van der Waals surface area contributed by atoms with Crippen molar-refractivity contribution in [1.82, 2.24) is 14.4 Å². The summed E-state index contributed by atoms with van der Waals surface area (Å²) in [6.45, 7) is 7.89. The van der Waals surface area contributed by atoms with Crippen LogP contribution in [0.25, 0.3) is 5.52 Å². The quantitative estimate of drug-likeness (QED) is 0.692. The summed E-state index contributed by atoms with van der Waals surface area (Å²) in [6, 6.07) is 0. The monoisotopic (exact) mass is 413 g/mol. The summed E-state index contributed by atoms with van der Waals surface area (Å²) in [5.74, 6) is 0.774. The molecule has 2 heterocycles. The number of nitrogens with zero attached hydrogens (tertiary/aromatic N) is 3. The van der Waals surface area contributed by atoms with Crippen molar-refractivity contribution in [2.24, 2.45) is 5.41 Å². The van der Waals surface area contributed by atoms with E-state index in [0.717, 1.165) is 24.2 Å². The van der Waals surface area contributed by atoms with Crippen molar-refractivity contribution < 1.29 is 9.53 Å². The Bertz CT molecular complexity index is 806. The largest absolute Gasteiger partial charge is 0.463 e. The van der Waals surface area contributed by atoms with Crippen LogP contribution >= 0.6 is 27.5 Å². The molecule has 0 radical (unpaired) electrons. The number of imidazole rings is 1. The molecule has 0 amide bonds. The minimum Gasteiger partial charge on any atom is -0.463 e. The molecule has 0 unspecified atom stereocenters. The van der Waals surface area contributed by atoms with Crippen LogP contribution in [-0.4, -0.2) is 26.4 Å². The van der Waals surface area contributed by atoms with Gasteiger partial charge in [0.15, 0.2) is 5.15 Å². The predicted molar refractivity (Wildman–Crippen MR) is 96.2 cm³/mol. The summed E-state index contributed by atoms with van der Waals surface area (Å²) in [5.41, 5.74) is 0.0344. The summed E-state index contributed by atoms with van der Waals surface area (Å²) in [5, 5.41) is 0.409. The lowest BCUT2D eigenvalue weighted by Crippen LogP contribution is -2.32. The van der Waals surface area contributed by atoms with Crippen molar-refractivity contribution in [3.63, 3.8) is 0 Å². The second-order valence-corrected chi connectivity index (χ2v) is 8.52. The Labute approximate surface area is 154 Å². The van der Waals surface area contributed by atoms with Crippen LogP contribution in [0.4, 0.5) is 0 Å². The van der Waals surface area contributed by atoms with Crippen LogP contribution in [0.5, 0.6) is 0 Å². The summed E-state index contributed by atoms with van der Waals surface area (Å²) in [6.07, 6.45) is 5.76. The fraction of sp³-hybridized carbons (Fsp3) is 0.588. The maximum atomic E-state index is 12.5. The van der Waals surface area contributed by atoms with Crippen LogP contribution in [0.15, 0.2) is 17.0 Å². The fourth-order valence-corrected chi connectivity index (χ4v) is 4.60. The molecule has 2 atom stereocenters. The maximum Gasteiger partial charge on any atom is 0.312 e. The molecule has 1 aliphatic carbocycles. The van der Waals surface area contributed by atoms with E-state index < -0.39 is 5.41 Å². The van der Waals surface area contributed by atoms with Gasteiger partial charge in [-0.1, -0.05) is 18.5 Å². The zero-order valence-corrected chi connectivity index (χ0v) is 16.6. The van der Waals surface area contributed by atoms with Gasteiger partial charge in [0.2, 0.25) is 0 Å². The van der Waals surface area contributed by atoms with Gasteiger partial charge in [0.25, 0.3) is 0 Å². The van der Waals surface area contributed by atoms with Crippen LogP contribution in [-0.2, 0) is 14.9 Å². The highest BCUT2D eigenvalue weighted by Crippen LogP contribution is 2.51. The first kappa shape index (κ1) is 17.7. The van der Waals surface area contributed by atoms with Gasteiger partial charge >= 0.3 is 5.97 Å². The minimum atomic E-state index is -0.492. The number of ether oxygens (including phenoxy) is 1. The Morgan fingerprint density at radius 1 is 1.42 bits per heavy atom. The highest BCUT2D eigenvalue weighted by Gasteiger charge is 2.51. The Balaban J connectivity index is 1.99. The van der Waals surface area contributed by atoms with Crippen molar-refractivity contribution in [3.05, 3.63) is 28.0 Å². The molecule has 2 aromatic heterocycles. The topological polar surface area (TPSA) is 56.5 Å². The number of carbonyl (C=O) groups is 1. The van der Waals surface area contributed by atoms with E-state index in [1.807, 2.05) is 31.4 Å². The molecule has 7 heteroatoms. The first-order valence-corrected chi connectivity index (χ1v) is 9.23. The smallest absolute Gasteiger partial charge is 0.312 e. The van der Waals surface area contributed by atoms with E-state index in [2.05, 4.69) is 27.8 Å². The van der Waals surface area contributed by atoms with Gasteiger partial charge in [-0.3, -0.25) is 9.20 Å². The summed E-state index contributed by atoms with van der Waals surface area (Å²) < 4.78 is 8.12. The first-order chi connectivity index (χ1) is 11.2. The molecule has 2 aromatic rings. The van der Waals surface area contributed by atoms with Gasteiger partial charge in [-0.05, 0) is 56.0 Å². The molecular formula is C17H21BrClN3O2. The molecule has 24 heavy (non-hydrogen) atoms. The molecular weight excluding hydrogens is 394 g/mol. The third-order valence-corrected chi connectivity index (χ3v) is 5.68. The summed E-state index contributed by atoms with van der Waals surface area (Å²) in [7, 11) is 0. The van der Waals surface area contributed by atoms with Crippen LogP contribution in [0, 0.1) is 5.41 Å². The number of rotatable bonds is 3. The fourth-order valence-electron chi connectivity index (χ4n) is 3.70. The normalized spacial score (nSPS) is 27.1. The van der Waals surface area contributed by atoms with E-state index in [1.54, 1.807) is 6.20 Å². The number of fused-ring (bicyclic) bond motifs is 1. The van der Waals surface area contributed by atoms with Gasteiger partial charge < -0.3 is 4.74 Å². The molecule has 0 spiro atoms. The van der Waals surface area contributed by atoms with E-state index in [9.17, 15) is 4.79 Å². The number of halogens is 2. The number of aromatic nitrogens is 3. The van der Waals surface area contributed by atoms with Crippen molar-refractivity contribution in [2.75, 3.05) is 0 Å². The SMILES string of the molecule is CC(C)OC(=O)[C@]1(C)CC[C@](C)(c2nc(Br)c3c(Cl)nccn23)C1. The number of hydrogen-bond donors (Lipinski definition) is 0. The molecule has 1 aliphatic rings. The van der Waals surface area contributed by atoms with Gasteiger partial charge in [0.1, 0.15) is 15.9 Å². The summed E-state index contributed by atoms with van der Waals surface area (Å²) >= 11 is 9.70. The molecule has 0 N–H and O–H groups in total. The summed E-state index contributed by atoms with van der Waals surface area (Å²) in [4.78, 5) is 21.3. The van der Waals surface area contributed by atoms with Gasteiger partial charge in [-0.2, -0.15) is 0 Å². The van der Waals surface area contributed by atoms with Crippen LogP contribution < -0.4 is 0 Å². The van der Waals surface area contributed by atoms with Crippen LogP contribution in [0.1, 0.15) is 52.8 Å².